The van der Waals surface area contributed by atoms with Crippen LogP contribution in [-0.4, -0.2) is 27.0 Å². The van der Waals surface area contributed by atoms with E-state index >= 15 is 0 Å². The van der Waals surface area contributed by atoms with Crippen molar-refractivity contribution in [2.45, 2.75) is 38.4 Å². The Hall–Kier alpha value is -0.150. The maximum Gasteiger partial charge on any atom is 0.0411 e. The third kappa shape index (κ3) is 8.56. The molecule has 0 radical (unpaired) electrons. The molecule has 0 aliphatic carbocycles. The number of hydrogen-bond acceptors (Lipinski definition) is 3. The van der Waals surface area contributed by atoms with E-state index in [4.69, 9.17) is 0 Å². The Morgan fingerprint density at radius 2 is 1.94 bits per heavy atom. The molecular weight excluding hydrogens is 246 g/mol. The van der Waals surface area contributed by atoms with Gasteiger partial charge >= 0.3 is 0 Å². The van der Waals surface area contributed by atoms with Crippen LogP contribution in [0.3, 0.4) is 0 Å². The quantitative estimate of drug-likeness (QED) is 0.686. The number of aromatic nitrogens is 1. The first-order valence-corrected chi connectivity index (χ1v) is 8.33. The molecule has 0 aliphatic rings. The molecule has 0 N–H and O–H groups in total. The third-order valence-electron chi connectivity index (χ3n) is 2.20. The fraction of sp³-hybridized carbons (Fsp3) is 0.643. The molecule has 0 aromatic carbocycles. The van der Waals surface area contributed by atoms with E-state index in [-0.39, 0.29) is 0 Å². The molecule has 1 nitrogen and oxygen atoms in total. The Morgan fingerprint density at radius 3 is 2.59 bits per heavy atom. The van der Waals surface area contributed by atoms with E-state index in [1.165, 1.54) is 29.4 Å². The monoisotopic (exact) mass is 269 g/mol. The van der Waals surface area contributed by atoms with Crippen LogP contribution in [-0.2, 0) is 6.42 Å². The van der Waals surface area contributed by atoms with Gasteiger partial charge in [-0.25, -0.2) is 0 Å². The van der Waals surface area contributed by atoms with Gasteiger partial charge < -0.3 is 0 Å². The van der Waals surface area contributed by atoms with Crippen LogP contribution >= 0.6 is 23.5 Å². The van der Waals surface area contributed by atoms with Gasteiger partial charge in [0, 0.05) is 16.6 Å². The molecule has 96 valence electrons. The molecule has 1 aromatic rings. The van der Waals surface area contributed by atoms with Gasteiger partial charge in [-0.2, -0.15) is 23.5 Å². The topological polar surface area (TPSA) is 12.9 Å². The minimum Gasteiger partial charge on any atom is -0.261 e. The molecule has 0 spiro atoms. The number of rotatable bonds is 7. The first kappa shape index (κ1) is 14.9. The standard InChI is InChI=1S/C14H23NS2/c1-14(2,3)17-11-6-10-16-12-8-13-7-4-5-9-15-13/h4-5,7,9H,6,8,10-12H2,1-3H3. The zero-order chi connectivity index (χ0) is 12.6. The van der Waals surface area contributed by atoms with Gasteiger partial charge in [0.05, 0.1) is 0 Å². The van der Waals surface area contributed by atoms with Crippen LogP contribution in [0.5, 0.6) is 0 Å². The number of aryl methyl sites for hydroxylation is 1. The third-order valence-corrected chi connectivity index (χ3v) is 4.63. The van der Waals surface area contributed by atoms with Crippen LogP contribution in [0.2, 0.25) is 0 Å². The molecule has 0 bridgehead atoms. The molecule has 0 saturated carbocycles. The molecule has 0 atom stereocenters. The normalized spacial score (nSPS) is 11.7. The minimum atomic E-state index is 0.415. The predicted molar refractivity (Wildman–Crippen MR) is 82.1 cm³/mol. The van der Waals surface area contributed by atoms with Gasteiger partial charge in [0.1, 0.15) is 0 Å². The molecule has 0 saturated heterocycles. The van der Waals surface area contributed by atoms with Crippen molar-refractivity contribution >= 4 is 23.5 Å². The van der Waals surface area contributed by atoms with Gasteiger partial charge in [0.25, 0.3) is 0 Å². The lowest BCUT2D eigenvalue weighted by Gasteiger charge is -2.16. The maximum absolute atomic E-state index is 4.33. The van der Waals surface area contributed by atoms with Crippen LogP contribution in [0.25, 0.3) is 0 Å². The molecule has 1 aromatic heterocycles. The van der Waals surface area contributed by atoms with Gasteiger partial charge in [0.2, 0.25) is 0 Å². The first-order chi connectivity index (χ1) is 8.08. The second kappa shape index (κ2) is 8.04. The maximum atomic E-state index is 4.33. The number of thioether (sulfide) groups is 2. The molecule has 1 heterocycles. The summed E-state index contributed by atoms with van der Waals surface area (Å²) in [5, 5.41) is 0. The highest BCUT2D eigenvalue weighted by Crippen LogP contribution is 2.24. The lowest BCUT2D eigenvalue weighted by atomic mass is 10.3. The fourth-order valence-corrected chi connectivity index (χ4v) is 3.35. The van der Waals surface area contributed by atoms with E-state index in [1.807, 2.05) is 24.0 Å². The Balaban J connectivity index is 1.95. The zero-order valence-electron chi connectivity index (χ0n) is 11.1. The van der Waals surface area contributed by atoms with Crippen molar-refractivity contribution in [1.29, 1.82) is 0 Å². The predicted octanol–water partition coefficient (Wildman–Crippen LogP) is 4.28. The van der Waals surface area contributed by atoms with E-state index < -0.39 is 0 Å². The lowest BCUT2D eigenvalue weighted by Crippen LogP contribution is -2.08. The number of nitrogens with zero attached hydrogens (tertiary/aromatic N) is 1. The molecule has 0 fully saturated rings. The van der Waals surface area contributed by atoms with Crippen molar-refractivity contribution in [2.75, 3.05) is 17.3 Å². The summed E-state index contributed by atoms with van der Waals surface area (Å²) < 4.78 is 0.415. The fourth-order valence-electron chi connectivity index (χ4n) is 1.36. The van der Waals surface area contributed by atoms with E-state index in [0.717, 1.165) is 6.42 Å². The Kier molecular flexibility index (Phi) is 7.05. The van der Waals surface area contributed by atoms with E-state index in [1.54, 1.807) is 0 Å². The van der Waals surface area contributed by atoms with Crippen LogP contribution in [0.4, 0.5) is 0 Å². The Labute approximate surface area is 114 Å². The summed E-state index contributed by atoms with van der Waals surface area (Å²) in [6, 6.07) is 6.14. The van der Waals surface area contributed by atoms with Gasteiger partial charge in [-0.3, -0.25) is 4.98 Å². The summed E-state index contributed by atoms with van der Waals surface area (Å²) in [4.78, 5) is 4.33. The molecule has 0 unspecified atom stereocenters. The number of pyridine rings is 1. The molecule has 17 heavy (non-hydrogen) atoms. The van der Waals surface area contributed by atoms with Crippen molar-refractivity contribution in [3.63, 3.8) is 0 Å². The summed E-state index contributed by atoms with van der Waals surface area (Å²) in [7, 11) is 0. The van der Waals surface area contributed by atoms with Crippen molar-refractivity contribution in [2.24, 2.45) is 0 Å². The summed E-state index contributed by atoms with van der Waals surface area (Å²) in [5.41, 5.74) is 1.21. The van der Waals surface area contributed by atoms with Crippen molar-refractivity contribution < 1.29 is 0 Å². The number of hydrogen-bond donors (Lipinski definition) is 0. The summed E-state index contributed by atoms with van der Waals surface area (Å²) >= 11 is 4.11. The lowest BCUT2D eigenvalue weighted by molar-refractivity contribution is 0.801. The van der Waals surface area contributed by atoms with Gasteiger partial charge in [-0.15, -0.1) is 0 Å². The summed E-state index contributed by atoms with van der Waals surface area (Å²) in [5.74, 6) is 3.74. The second-order valence-electron chi connectivity index (χ2n) is 5.00. The molecule has 1 rings (SSSR count). The van der Waals surface area contributed by atoms with Crippen LogP contribution in [0, 0.1) is 0 Å². The van der Waals surface area contributed by atoms with Crippen LogP contribution in [0.1, 0.15) is 32.9 Å². The van der Waals surface area contributed by atoms with Crippen LogP contribution in [0.15, 0.2) is 24.4 Å². The minimum absolute atomic E-state index is 0.415. The highest BCUT2D eigenvalue weighted by molar-refractivity contribution is 8.01. The molecular formula is C14H23NS2. The van der Waals surface area contributed by atoms with Crippen molar-refractivity contribution in [1.82, 2.24) is 4.98 Å². The SMILES string of the molecule is CC(C)(C)SCCCSCCc1ccccn1. The van der Waals surface area contributed by atoms with Crippen LogP contribution < -0.4 is 0 Å². The Bertz CT molecular complexity index is 293. The summed E-state index contributed by atoms with van der Waals surface area (Å²) in [6.07, 6.45) is 4.28. The van der Waals surface area contributed by atoms with E-state index in [0.29, 0.717) is 4.75 Å². The summed E-state index contributed by atoms with van der Waals surface area (Å²) in [6.45, 7) is 6.85. The highest BCUT2D eigenvalue weighted by atomic mass is 32.2. The second-order valence-corrected chi connectivity index (χ2v) is 8.14. The van der Waals surface area contributed by atoms with Crippen molar-refractivity contribution in [3.8, 4) is 0 Å². The van der Waals surface area contributed by atoms with E-state index in [2.05, 4.69) is 49.6 Å². The Morgan fingerprint density at radius 1 is 1.12 bits per heavy atom. The average Bonchev–Trinajstić information content (AvgIpc) is 2.28. The van der Waals surface area contributed by atoms with Gasteiger partial charge in [0.15, 0.2) is 0 Å². The molecule has 3 heteroatoms. The van der Waals surface area contributed by atoms with E-state index in [9.17, 15) is 0 Å². The largest absolute Gasteiger partial charge is 0.261 e. The van der Waals surface area contributed by atoms with Crippen molar-refractivity contribution in [3.05, 3.63) is 30.1 Å². The molecule has 0 aliphatic heterocycles. The van der Waals surface area contributed by atoms with Gasteiger partial charge in [-0.1, -0.05) is 26.8 Å². The highest BCUT2D eigenvalue weighted by Gasteiger charge is 2.09. The smallest absolute Gasteiger partial charge is 0.0411 e. The first-order valence-electron chi connectivity index (χ1n) is 6.19. The molecule has 0 amide bonds. The van der Waals surface area contributed by atoms with Gasteiger partial charge in [-0.05, 0) is 42.2 Å². The zero-order valence-corrected chi connectivity index (χ0v) is 12.7. The average molecular weight is 269 g/mol.